The van der Waals surface area contributed by atoms with Gasteiger partial charge in [0.15, 0.2) is 0 Å². The zero-order valence-electron chi connectivity index (χ0n) is 15.3. The zero-order valence-corrected chi connectivity index (χ0v) is 15.3. The van der Waals surface area contributed by atoms with Crippen molar-refractivity contribution in [2.45, 2.75) is 31.8 Å². The Bertz CT molecular complexity index is 996. The molecule has 0 spiro atoms. The van der Waals surface area contributed by atoms with Gasteiger partial charge in [-0.25, -0.2) is 10.4 Å². The number of fused-ring (bicyclic) bond motifs is 3. The summed E-state index contributed by atoms with van der Waals surface area (Å²) in [7, 11) is 0. The molecule has 0 radical (unpaired) electrons. The number of hydrazine groups is 1. The molecule has 2 aliphatic heterocycles. The molecule has 138 valence electrons. The van der Waals surface area contributed by atoms with Crippen molar-refractivity contribution in [1.82, 2.24) is 25.6 Å². The number of hydrogen-bond acceptors (Lipinski definition) is 4. The van der Waals surface area contributed by atoms with Gasteiger partial charge in [0.25, 0.3) is 0 Å². The lowest BCUT2D eigenvalue weighted by molar-refractivity contribution is -0.121. The molecule has 0 saturated carbocycles. The van der Waals surface area contributed by atoms with Gasteiger partial charge in [-0.2, -0.15) is 0 Å². The van der Waals surface area contributed by atoms with E-state index in [1.165, 1.54) is 11.3 Å². The van der Waals surface area contributed by atoms with E-state index in [1.807, 2.05) is 6.07 Å². The predicted molar refractivity (Wildman–Crippen MR) is 103 cm³/mol. The lowest BCUT2D eigenvalue weighted by atomic mass is 9.80. The van der Waals surface area contributed by atoms with Crippen molar-refractivity contribution in [3.8, 4) is 0 Å². The van der Waals surface area contributed by atoms with Crippen LogP contribution >= 0.6 is 0 Å². The average molecular weight is 361 g/mol. The van der Waals surface area contributed by atoms with Gasteiger partial charge in [0, 0.05) is 31.0 Å². The highest BCUT2D eigenvalue weighted by Gasteiger charge is 2.40. The maximum absolute atomic E-state index is 12.5. The molecular weight excluding hydrogens is 338 g/mol. The van der Waals surface area contributed by atoms with E-state index in [-0.39, 0.29) is 23.8 Å². The molecular formula is C21H23N5O. The Morgan fingerprint density at radius 3 is 2.85 bits per heavy atom. The third kappa shape index (κ3) is 2.72. The SMILES string of the molecule is Cc1cccn2c3c(nc12)CNC(=O)CC3C1CNNC1c1ccccc1. The Hall–Kier alpha value is -2.70. The Morgan fingerprint density at radius 1 is 1.15 bits per heavy atom. The monoisotopic (exact) mass is 361 g/mol. The Kier molecular flexibility index (Phi) is 3.95. The van der Waals surface area contributed by atoms with Gasteiger partial charge < -0.3 is 9.72 Å². The second-order valence-corrected chi connectivity index (χ2v) is 7.49. The molecule has 3 atom stereocenters. The minimum absolute atomic E-state index is 0.0898. The first-order valence-corrected chi connectivity index (χ1v) is 9.49. The van der Waals surface area contributed by atoms with Gasteiger partial charge in [-0.15, -0.1) is 0 Å². The lowest BCUT2D eigenvalue weighted by Gasteiger charge is -2.27. The summed E-state index contributed by atoms with van der Waals surface area (Å²) in [6.45, 7) is 3.39. The number of aromatic nitrogens is 2. The first kappa shape index (κ1) is 16.5. The third-order valence-corrected chi connectivity index (χ3v) is 5.87. The van der Waals surface area contributed by atoms with Crippen molar-refractivity contribution in [2.75, 3.05) is 6.54 Å². The number of carbonyl (C=O) groups excluding carboxylic acids is 1. The predicted octanol–water partition coefficient (Wildman–Crippen LogP) is 2.21. The van der Waals surface area contributed by atoms with Gasteiger partial charge in [-0.1, -0.05) is 36.4 Å². The molecule has 2 aromatic heterocycles. The van der Waals surface area contributed by atoms with Crippen LogP contribution in [0.2, 0.25) is 0 Å². The van der Waals surface area contributed by atoms with Gasteiger partial charge in [-0.3, -0.25) is 10.2 Å². The van der Waals surface area contributed by atoms with E-state index in [4.69, 9.17) is 4.98 Å². The van der Waals surface area contributed by atoms with Crippen LogP contribution in [0.3, 0.4) is 0 Å². The largest absolute Gasteiger partial charge is 0.350 e. The summed E-state index contributed by atoms with van der Waals surface area (Å²) in [4.78, 5) is 17.3. The molecule has 2 aliphatic rings. The molecule has 4 heterocycles. The van der Waals surface area contributed by atoms with Gasteiger partial charge in [-0.05, 0) is 24.1 Å². The van der Waals surface area contributed by atoms with Gasteiger partial charge in [0.05, 0.1) is 24.0 Å². The van der Waals surface area contributed by atoms with Crippen LogP contribution in [0.1, 0.15) is 40.9 Å². The number of aryl methyl sites for hydroxylation is 1. The van der Waals surface area contributed by atoms with Gasteiger partial charge in [0.1, 0.15) is 5.65 Å². The summed E-state index contributed by atoms with van der Waals surface area (Å²) in [5.74, 6) is 0.445. The van der Waals surface area contributed by atoms with Crippen molar-refractivity contribution in [2.24, 2.45) is 5.92 Å². The zero-order chi connectivity index (χ0) is 18.4. The number of rotatable bonds is 2. The molecule has 3 aromatic rings. The van der Waals surface area contributed by atoms with Crippen molar-refractivity contribution in [1.29, 1.82) is 0 Å². The summed E-state index contributed by atoms with van der Waals surface area (Å²) < 4.78 is 2.19. The highest BCUT2D eigenvalue weighted by atomic mass is 16.1. The van der Waals surface area contributed by atoms with Crippen molar-refractivity contribution in [3.05, 3.63) is 71.2 Å². The molecule has 1 amide bonds. The second-order valence-electron chi connectivity index (χ2n) is 7.49. The molecule has 1 saturated heterocycles. The summed E-state index contributed by atoms with van der Waals surface area (Å²) in [5.41, 5.74) is 12.3. The van der Waals surface area contributed by atoms with Crippen molar-refractivity contribution < 1.29 is 4.79 Å². The molecule has 5 rings (SSSR count). The third-order valence-electron chi connectivity index (χ3n) is 5.87. The van der Waals surface area contributed by atoms with Crippen LogP contribution in [-0.2, 0) is 11.3 Å². The first-order valence-electron chi connectivity index (χ1n) is 9.49. The van der Waals surface area contributed by atoms with Crippen LogP contribution in [0.25, 0.3) is 5.65 Å². The molecule has 1 fully saturated rings. The smallest absolute Gasteiger partial charge is 0.221 e. The first-order chi connectivity index (χ1) is 13.2. The number of nitrogens with one attached hydrogen (secondary N) is 3. The highest BCUT2D eigenvalue weighted by molar-refractivity contribution is 5.78. The van der Waals surface area contributed by atoms with Crippen molar-refractivity contribution in [3.63, 3.8) is 0 Å². The van der Waals surface area contributed by atoms with Crippen LogP contribution in [0.5, 0.6) is 0 Å². The summed E-state index contributed by atoms with van der Waals surface area (Å²) >= 11 is 0. The Morgan fingerprint density at radius 2 is 2.00 bits per heavy atom. The Balaban J connectivity index is 1.64. The van der Waals surface area contributed by atoms with Gasteiger partial charge >= 0.3 is 0 Å². The maximum Gasteiger partial charge on any atom is 0.221 e. The van der Waals surface area contributed by atoms with E-state index in [2.05, 4.69) is 70.1 Å². The highest BCUT2D eigenvalue weighted by Crippen LogP contribution is 2.41. The van der Waals surface area contributed by atoms with E-state index in [0.717, 1.165) is 23.4 Å². The van der Waals surface area contributed by atoms with Crippen molar-refractivity contribution >= 4 is 11.6 Å². The topological polar surface area (TPSA) is 70.5 Å². The van der Waals surface area contributed by atoms with E-state index in [9.17, 15) is 4.79 Å². The van der Waals surface area contributed by atoms with E-state index >= 15 is 0 Å². The molecule has 3 unspecified atom stereocenters. The molecule has 0 aliphatic carbocycles. The maximum atomic E-state index is 12.5. The van der Waals surface area contributed by atoms with Gasteiger partial charge in [0.2, 0.25) is 5.91 Å². The quantitative estimate of drug-likeness (QED) is 0.655. The van der Waals surface area contributed by atoms with E-state index in [1.54, 1.807) is 0 Å². The Labute approximate surface area is 158 Å². The summed E-state index contributed by atoms with van der Waals surface area (Å²) in [6, 6.07) is 14.8. The number of benzene rings is 1. The fourth-order valence-corrected chi connectivity index (χ4v) is 4.57. The minimum atomic E-state index is 0.0898. The molecule has 27 heavy (non-hydrogen) atoms. The fourth-order valence-electron chi connectivity index (χ4n) is 4.57. The average Bonchev–Trinajstić information content (AvgIpc) is 3.27. The molecule has 3 N–H and O–H groups in total. The van der Waals surface area contributed by atoms with Crippen LogP contribution in [0.4, 0.5) is 0 Å². The lowest BCUT2D eigenvalue weighted by Crippen LogP contribution is -2.28. The number of carbonyl (C=O) groups is 1. The molecule has 6 heteroatoms. The summed E-state index contributed by atoms with van der Waals surface area (Å²) in [5, 5.41) is 3.03. The van der Waals surface area contributed by atoms with Crippen LogP contribution in [0, 0.1) is 12.8 Å². The molecule has 6 nitrogen and oxygen atoms in total. The number of amides is 1. The van der Waals surface area contributed by atoms with Crippen LogP contribution in [0.15, 0.2) is 48.7 Å². The number of hydrogen-bond donors (Lipinski definition) is 3. The van der Waals surface area contributed by atoms with Crippen LogP contribution < -0.4 is 16.2 Å². The van der Waals surface area contributed by atoms with E-state index < -0.39 is 0 Å². The molecule has 1 aromatic carbocycles. The second kappa shape index (κ2) is 6.48. The molecule has 0 bridgehead atoms. The number of imidazole rings is 1. The number of nitrogens with zero attached hydrogens (tertiary/aromatic N) is 2. The van der Waals surface area contributed by atoms with Crippen LogP contribution in [-0.4, -0.2) is 21.8 Å². The fraction of sp³-hybridized carbons (Fsp3) is 0.333. The number of pyridine rings is 1. The summed E-state index contributed by atoms with van der Waals surface area (Å²) in [6.07, 6.45) is 2.55. The standard InChI is InChI=1S/C21H23N5O/c1-13-6-5-9-26-20-15(10-18(27)22-12-17(20)24-21(13)26)16-11-23-25-19(16)14-7-3-2-4-8-14/h2-9,15-16,19,23,25H,10-12H2,1H3,(H,22,27). The minimum Gasteiger partial charge on any atom is -0.350 e. The van der Waals surface area contributed by atoms with E-state index in [0.29, 0.717) is 13.0 Å². The normalized spacial score (nSPS) is 25.2.